The molecule has 0 saturated carbocycles. The summed E-state index contributed by atoms with van der Waals surface area (Å²) in [5.41, 5.74) is 0.996. The Kier molecular flexibility index (Phi) is 4.78. The molecule has 136 valence electrons. The van der Waals surface area contributed by atoms with E-state index in [1.807, 2.05) is 18.2 Å². The van der Waals surface area contributed by atoms with Gasteiger partial charge in [-0.25, -0.2) is 0 Å². The summed E-state index contributed by atoms with van der Waals surface area (Å²) in [5, 5.41) is 6.35. The van der Waals surface area contributed by atoms with Gasteiger partial charge in [0.2, 0.25) is 11.8 Å². The van der Waals surface area contributed by atoms with Crippen LogP contribution in [0, 0.1) is 0 Å². The topological polar surface area (TPSA) is 70.7 Å². The van der Waals surface area contributed by atoms with Crippen LogP contribution in [0.2, 0.25) is 5.02 Å². The first kappa shape index (κ1) is 18.1. The van der Waals surface area contributed by atoms with E-state index in [4.69, 9.17) is 16.3 Å². The van der Waals surface area contributed by atoms with Gasteiger partial charge in [-0.3, -0.25) is 14.5 Å². The molecule has 0 aromatic heterocycles. The molecule has 2 aromatic rings. The fourth-order valence-electron chi connectivity index (χ4n) is 2.93. The molecule has 0 radical (unpaired) electrons. The maximum absolute atomic E-state index is 12.9. The molecule has 0 atom stereocenters. The van der Waals surface area contributed by atoms with Crippen molar-refractivity contribution in [1.82, 2.24) is 0 Å². The van der Waals surface area contributed by atoms with Crippen molar-refractivity contribution in [1.29, 1.82) is 0 Å². The van der Waals surface area contributed by atoms with Crippen LogP contribution < -0.4 is 20.3 Å². The van der Waals surface area contributed by atoms with Gasteiger partial charge in [0.1, 0.15) is 11.3 Å². The number of carbonyl (C=O) groups is 2. The molecule has 0 saturated heterocycles. The van der Waals surface area contributed by atoms with Gasteiger partial charge in [0.15, 0.2) is 0 Å². The average Bonchev–Trinajstić information content (AvgIpc) is 2.60. The fourth-order valence-corrected chi connectivity index (χ4v) is 3.19. The molecule has 3 rings (SSSR count). The smallest absolute Gasteiger partial charge is 0.250 e. The van der Waals surface area contributed by atoms with Gasteiger partial charge in [-0.2, -0.15) is 0 Å². The number of hydrogen-bond donors (Lipinski definition) is 2. The zero-order valence-corrected chi connectivity index (χ0v) is 15.6. The van der Waals surface area contributed by atoms with Gasteiger partial charge < -0.3 is 15.4 Å². The molecule has 1 aliphatic rings. The van der Waals surface area contributed by atoms with Crippen molar-refractivity contribution in [3.05, 3.63) is 47.5 Å². The highest BCUT2D eigenvalue weighted by Gasteiger charge is 2.43. The quantitative estimate of drug-likeness (QED) is 0.860. The lowest BCUT2D eigenvalue weighted by Gasteiger charge is -2.42. The number of carbonyl (C=O) groups excluding carboxylic acids is 2. The predicted molar refractivity (Wildman–Crippen MR) is 103 cm³/mol. The van der Waals surface area contributed by atoms with Crippen LogP contribution in [-0.2, 0) is 9.59 Å². The third-order valence-corrected chi connectivity index (χ3v) is 4.65. The standard InChI is InChI=1S/C19H20ClN3O3/c1-19(2)18(25)22-14-6-4-5-7-15(14)23(19)17(24)11-21-12-8-9-16(26-3)13(20)10-12/h4-10,21H,11H2,1-3H3,(H,22,25). The molecule has 0 unspecified atom stereocenters. The van der Waals surface area contributed by atoms with Gasteiger partial charge in [0, 0.05) is 5.69 Å². The molecular weight excluding hydrogens is 354 g/mol. The van der Waals surface area contributed by atoms with E-state index in [0.29, 0.717) is 27.8 Å². The summed E-state index contributed by atoms with van der Waals surface area (Å²) in [6.07, 6.45) is 0. The molecule has 0 fully saturated rings. The van der Waals surface area contributed by atoms with Crippen LogP contribution in [0.25, 0.3) is 0 Å². The molecule has 0 bridgehead atoms. The minimum absolute atomic E-state index is 0.0215. The van der Waals surface area contributed by atoms with Crippen LogP contribution in [0.3, 0.4) is 0 Å². The summed E-state index contributed by atoms with van der Waals surface area (Å²) in [6, 6.07) is 12.4. The maximum atomic E-state index is 12.9. The SMILES string of the molecule is COc1ccc(NCC(=O)N2c3ccccc3NC(=O)C2(C)C)cc1Cl. The van der Waals surface area contributed by atoms with E-state index in [2.05, 4.69) is 10.6 Å². The number of hydrogen-bond acceptors (Lipinski definition) is 4. The number of nitrogens with one attached hydrogen (secondary N) is 2. The Morgan fingerprint density at radius 3 is 2.69 bits per heavy atom. The van der Waals surface area contributed by atoms with Crippen molar-refractivity contribution in [3.63, 3.8) is 0 Å². The molecule has 6 nitrogen and oxygen atoms in total. The third kappa shape index (κ3) is 3.20. The van der Waals surface area contributed by atoms with E-state index in [1.165, 1.54) is 4.90 Å². The summed E-state index contributed by atoms with van der Waals surface area (Å²) >= 11 is 6.11. The molecule has 26 heavy (non-hydrogen) atoms. The number of para-hydroxylation sites is 2. The van der Waals surface area contributed by atoms with Crippen LogP contribution in [0.4, 0.5) is 17.1 Å². The Labute approximate surface area is 157 Å². The van der Waals surface area contributed by atoms with Crippen LogP contribution in [0.15, 0.2) is 42.5 Å². The minimum atomic E-state index is -0.995. The van der Waals surface area contributed by atoms with Crippen molar-refractivity contribution >= 4 is 40.5 Å². The average molecular weight is 374 g/mol. The minimum Gasteiger partial charge on any atom is -0.495 e. The van der Waals surface area contributed by atoms with Crippen LogP contribution in [0.1, 0.15) is 13.8 Å². The summed E-state index contributed by atoms with van der Waals surface area (Å²) in [5.74, 6) is 0.118. The van der Waals surface area contributed by atoms with Crippen molar-refractivity contribution < 1.29 is 14.3 Å². The maximum Gasteiger partial charge on any atom is 0.250 e. The van der Waals surface area contributed by atoms with Crippen LogP contribution >= 0.6 is 11.6 Å². The molecule has 1 heterocycles. The van der Waals surface area contributed by atoms with Crippen molar-refractivity contribution in [3.8, 4) is 5.75 Å². The number of methoxy groups -OCH3 is 1. The second-order valence-electron chi connectivity index (χ2n) is 6.46. The van der Waals surface area contributed by atoms with Gasteiger partial charge in [-0.05, 0) is 44.2 Å². The second-order valence-corrected chi connectivity index (χ2v) is 6.87. The number of ether oxygens (including phenoxy) is 1. The normalized spacial score (nSPS) is 15.1. The lowest BCUT2D eigenvalue weighted by Crippen LogP contribution is -2.59. The van der Waals surface area contributed by atoms with Crippen LogP contribution in [-0.4, -0.2) is 31.0 Å². The largest absolute Gasteiger partial charge is 0.495 e. The summed E-state index contributed by atoms with van der Waals surface area (Å²) in [6.45, 7) is 3.47. The molecular formula is C19H20ClN3O3. The van der Waals surface area contributed by atoms with Gasteiger partial charge in [-0.15, -0.1) is 0 Å². The van der Waals surface area contributed by atoms with E-state index in [-0.39, 0.29) is 18.4 Å². The highest BCUT2D eigenvalue weighted by molar-refractivity contribution is 6.32. The van der Waals surface area contributed by atoms with E-state index in [1.54, 1.807) is 45.2 Å². The Morgan fingerprint density at radius 2 is 2.00 bits per heavy atom. The fraction of sp³-hybridized carbons (Fsp3) is 0.263. The molecule has 0 aliphatic carbocycles. The van der Waals surface area contributed by atoms with Gasteiger partial charge in [-0.1, -0.05) is 23.7 Å². The van der Waals surface area contributed by atoms with Gasteiger partial charge in [0.25, 0.3) is 0 Å². The second kappa shape index (κ2) is 6.88. The van der Waals surface area contributed by atoms with Crippen molar-refractivity contribution in [2.24, 2.45) is 0 Å². The molecule has 0 spiro atoms. The highest BCUT2D eigenvalue weighted by Crippen LogP contribution is 2.36. The van der Waals surface area contributed by atoms with Gasteiger partial charge >= 0.3 is 0 Å². The Balaban J connectivity index is 1.82. The summed E-state index contributed by atoms with van der Waals surface area (Å²) < 4.78 is 5.12. The number of halogens is 1. The Hall–Kier alpha value is -2.73. The third-order valence-electron chi connectivity index (χ3n) is 4.35. The number of nitrogens with zero attached hydrogens (tertiary/aromatic N) is 1. The highest BCUT2D eigenvalue weighted by atomic mass is 35.5. The number of benzene rings is 2. The number of fused-ring (bicyclic) bond motifs is 1. The van der Waals surface area contributed by atoms with Crippen molar-refractivity contribution in [2.45, 2.75) is 19.4 Å². The molecule has 2 amide bonds. The number of anilines is 3. The monoisotopic (exact) mass is 373 g/mol. The zero-order valence-electron chi connectivity index (χ0n) is 14.8. The van der Waals surface area contributed by atoms with Gasteiger partial charge in [0.05, 0.1) is 30.1 Å². The zero-order chi connectivity index (χ0) is 18.9. The Bertz CT molecular complexity index is 867. The molecule has 1 aliphatic heterocycles. The molecule has 2 aromatic carbocycles. The van der Waals surface area contributed by atoms with E-state index in [9.17, 15) is 9.59 Å². The number of rotatable bonds is 4. The summed E-state index contributed by atoms with van der Waals surface area (Å²) in [7, 11) is 1.54. The predicted octanol–water partition coefficient (Wildman–Crippen LogP) is 3.52. The molecule has 7 heteroatoms. The lowest BCUT2D eigenvalue weighted by atomic mass is 9.96. The number of amides is 2. The molecule has 2 N–H and O–H groups in total. The Morgan fingerprint density at radius 1 is 1.27 bits per heavy atom. The first-order valence-electron chi connectivity index (χ1n) is 8.15. The van der Waals surface area contributed by atoms with Crippen LogP contribution in [0.5, 0.6) is 5.75 Å². The first-order chi connectivity index (χ1) is 12.3. The van der Waals surface area contributed by atoms with Crippen molar-refractivity contribution in [2.75, 3.05) is 29.2 Å². The van der Waals surface area contributed by atoms with E-state index >= 15 is 0 Å². The summed E-state index contributed by atoms with van der Waals surface area (Å²) in [4.78, 5) is 26.9. The first-order valence-corrected chi connectivity index (χ1v) is 8.53. The lowest BCUT2D eigenvalue weighted by molar-refractivity contribution is -0.125. The van der Waals surface area contributed by atoms with E-state index < -0.39 is 5.54 Å². The van der Waals surface area contributed by atoms with E-state index in [0.717, 1.165) is 0 Å².